The zero-order valence-electron chi connectivity index (χ0n) is 18.3. The quantitative estimate of drug-likeness (QED) is 0.587. The van der Waals surface area contributed by atoms with Crippen LogP contribution in [0, 0.1) is 18.7 Å². The fourth-order valence-electron chi connectivity index (χ4n) is 4.22. The van der Waals surface area contributed by atoms with Gasteiger partial charge in [-0.15, -0.1) is 0 Å². The van der Waals surface area contributed by atoms with Crippen LogP contribution in [0.3, 0.4) is 0 Å². The minimum atomic E-state index is -0.912. The van der Waals surface area contributed by atoms with Gasteiger partial charge in [0.05, 0.1) is 11.3 Å². The van der Waals surface area contributed by atoms with Gasteiger partial charge in [0.15, 0.2) is 6.10 Å². The molecule has 0 spiro atoms. The van der Waals surface area contributed by atoms with Crippen molar-refractivity contribution < 1.29 is 28.2 Å². The highest BCUT2D eigenvalue weighted by Crippen LogP contribution is 2.36. The summed E-state index contributed by atoms with van der Waals surface area (Å²) in [5.41, 5.74) is 1.60. The monoisotopic (exact) mass is 453 g/mol. The van der Waals surface area contributed by atoms with E-state index in [1.807, 2.05) is 6.92 Å². The molecule has 4 rings (SSSR count). The van der Waals surface area contributed by atoms with E-state index in [2.05, 4.69) is 0 Å². The van der Waals surface area contributed by atoms with E-state index in [0.717, 1.165) is 5.56 Å². The molecule has 1 aliphatic rings. The summed E-state index contributed by atoms with van der Waals surface area (Å²) < 4.78 is 24.9. The number of carbonyl (C=O) groups is 2. The molecule has 1 fully saturated rings. The van der Waals surface area contributed by atoms with Crippen molar-refractivity contribution in [3.05, 3.63) is 64.3 Å². The Morgan fingerprint density at radius 1 is 1.21 bits per heavy atom. The van der Waals surface area contributed by atoms with Crippen molar-refractivity contribution in [1.82, 2.24) is 4.90 Å². The number of rotatable bonds is 5. The molecule has 0 unspecified atom stereocenters. The average molecular weight is 453 g/mol. The van der Waals surface area contributed by atoms with Crippen molar-refractivity contribution in [2.75, 3.05) is 13.1 Å². The van der Waals surface area contributed by atoms with Gasteiger partial charge in [0, 0.05) is 24.7 Å². The molecular weight excluding hydrogens is 429 g/mol. The SMILES string of the molecule is Cc1cc(O[C@H](C)C(=O)N2CCC[C@H](C(=O)O)C2)c2c(-c3ccc(F)cc3)cc(=O)oc2c1. The van der Waals surface area contributed by atoms with Gasteiger partial charge in [0.2, 0.25) is 0 Å². The van der Waals surface area contributed by atoms with Gasteiger partial charge in [-0.25, -0.2) is 9.18 Å². The third-order valence-corrected chi connectivity index (χ3v) is 5.84. The Morgan fingerprint density at radius 2 is 1.94 bits per heavy atom. The highest BCUT2D eigenvalue weighted by molar-refractivity contribution is 5.98. The maximum atomic E-state index is 13.5. The third kappa shape index (κ3) is 4.74. The van der Waals surface area contributed by atoms with Crippen LogP contribution in [0.2, 0.25) is 0 Å². The molecule has 0 aliphatic carbocycles. The summed E-state index contributed by atoms with van der Waals surface area (Å²) in [6.07, 6.45) is 0.259. The molecule has 1 aliphatic heterocycles. The van der Waals surface area contributed by atoms with E-state index in [9.17, 15) is 23.9 Å². The lowest BCUT2D eigenvalue weighted by Gasteiger charge is -2.32. The molecule has 2 aromatic carbocycles. The van der Waals surface area contributed by atoms with Crippen molar-refractivity contribution >= 4 is 22.8 Å². The van der Waals surface area contributed by atoms with E-state index in [0.29, 0.717) is 47.2 Å². The van der Waals surface area contributed by atoms with Crippen LogP contribution in [0.15, 0.2) is 51.7 Å². The number of fused-ring (bicyclic) bond motifs is 1. The topological polar surface area (TPSA) is 97.0 Å². The maximum Gasteiger partial charge on any atom is 0.336 e. The lowest BCUT2D eigenvalue weighted by molar-refractivity contribution is -0.147. The summed E-state index contributed by atoms with van der Waals surface area (Å²) in [5, 5.41) is 9.80. The van der Waals surface area contributed by atoms with Crippen LogP contribution < -0.4 is 10.4 Å². The van der Waals surface area contributed by atoms with Crippen molar-refractivity contribution in [1.29, 1.82) is 0 Å². The lowest BCUT2D eigenvalue weighted by Crippen LogP contribution is -2.47. The van der Waals surface area contributed by atoms with Gasteiger partial charge in [-0.2, -0.15) is 0 Å². The van der Waals surface area contributed by atoms with Gasteiger partial charge in [0.25, 0.3) is 5.91 Å². The molecule has 0 saturated carbocycles. The number of aliphatic carboxylic acids is 1. The van der Waals surface area contributed by atoms with Crippen LogP contribution in [0.5, 0.6) is 5.75 Å². The van der Waals surface area contributed by atoms with Gasteiger partial charge in [-0.05, 0) is 62.1 Å². The average Bonchev–Trinajstić information content (AvgIpc) is 2.78. The number of halogens is 1. The number of carboxylic acid groups (broad SMARTS) is 1. The molecule has 1 N–H and O–H groups in total. The Morgan fingerprint density at radius 3 is 2.64 bits per heavy atom. The summed E-state index contributed by atoms with van der Waals surface area (Å²) >= 11 is 0. The molecule has 172 valence electrons. The van der Waals surface area contributed by atoms with Crippen LogP contribution >= 0.6 is 0 Å². The van der Waals surface area contributed by atoms with Crippen molar-refractivity contribution in [3.63, 3.8) is 0 Å². The number of hydrogen-bond donors (Lipinski definition) is 1. The standard InChI is InChI=1S/C25H24FNO6/c1-14-10-20(32-15(2)24(29)27-9-3-4-17(13-27)25(30)31)23-19(12-22(28)33-21(23)11-14)16-5-7-18(26)8-6-16/h5-8,10-12,15,17H,3-4,9,13H2,1-2H3,(H,30,31)/t15-,17+/m1/s1. The van der Waals surface area contributed by atoms with Gasteiger partial charge < -0.3 is 19.2 Å². The number of likely N-dealkylation sites (tertiary alicyclic amines) is 1. The molecule has 2 atom stereocenters. The molecule has 0 bridgehead atoms. The number of amides is 1. The van der Waals surface area contributed by atoms with Gasteiger partial charge in [0.1, 0.15) is 17.1 Å². The number of carbonyl (C=O) groups excluding carboxylic acids is 1. The van der Waals surface area contributed by atoms with E-state index < -0.39 is 29.4 Å². The fourth-order valence-corrected chi connectivity index (χ4v) is 4.22. The Hall–Kier alpha value is -3.68. The Bertz CT molecular complexity index is 1270. The molecule has 1 aromatic heterocycles. The molecule has 7 nitrogen and oxygen atoms in total. The number of piperidine rings is 1. The Balaban J connectivity index is 1.71. The highest BCUT2D eigenvalue weighted by atomic mass is 19.1. The van der Waals surface area contributed by atoms with E-state index >= 15 is 0 Å². The van der Waals surface area contributed by atoms with E-state index in [-0.39, 0.29) is 12.5 Å². The molecule has 2 heterocycles. The van der Waals surface area contributed by atoms with Crippen molar-refractivity contribution in [3.8, 4) is 16.9 Å². The summed E-state index contributed by atoms with van der Waals surface area (Å²) in [7, 11) is 0. The second kappa shape index (κ2) is 9.05. The predicted molar refractivity (Wildman–Crippen MR) is 120 cm³/mol. The molecule has 1 amide bonds. The smallest absolute Gasteiger partial charge is 0.336 e. The predicted octanol–water partition coefficient (Wildman–Crippen LogP) is 4.00. The maximum absolute atomic E-state index is 13.5. The summed E-state index contributed by atoms with van der Waals surface area (Å²) in [6.45, 7) is 4.04. The Kier molecular flexibility index (Phi) is 6.18. The zero-order chi connectivity index (χ0) is 23.7. The second-order valence-electron chi connectivity index (χ2n) is 8.34. The normalized spacial score (nSPS) is 17.1. The van der Waals surface area contributed by atoms with Crippen molar-refractivity contribution in [2.24, 2.45) is 5.92 Å². The summed E-state index contributed by atoms with van der Waals surface area (Å²) in [5.74, 6) is -1.87. The van der Waals surface area contributed by atoms with Gasteiger partial charge >= 0.3 is 11.6 Å². The molecule has 33 heavy (non-hydrogen) atoms. The summed E-state index contributed by atoms with van der Waals surface area (Å²) in [6, 6.07) is 10.5. The molecular formula is C25H24FNO6. The van der Waals surface area contributed by atoms with Gasteiger partial charge in [-0.3, -0.25) is 9.59 Å². The minimum Gasteiger partial charge on any atom is -0.481 e. The number of ether oxygens (including phenoxy) is 1. The summed E-state index contributed by atoms with van der Waals surface area (Å²) in [4.78, 5) is 38.1. The first-order valence-corrected chi connectivity index (χ1v) is 10.8. The van der Waals surface area contributed by atoms with Crippen LogP contribution in [-0.2, 0) is 9.59 Å². The first-order valence-electron chi connectivity index (χ1n) is 10.8. The molecule has 0 radical (unpaired) electrons. The number of carboxylic acids is 1. The van der Waals surface area contributed by atoms with E-state index in [4.69, 9.17) is 9.15 Å². The fraction of sp³-hybridized carbons (Fsp3) is 0.320. The van der Waals surface area contributed by atoms with E-state index in [1.165, 1.54) is 23.1 Å². The minimum absolute atomic E-state index is 0.145. The zero-order valence-corrected chi connectivity index (χ0v) is 18.3. The number of aryl methyl sites for hydroxylation is 1. The van der Waals surface area contributed by atoms with Crippen LogP contribution in [0.25, 0.3) is 22.1 Å². The first-order chi connectivity index (χ1) is 15.7. The van der Waals surface area contributed by atoms with Crippen LogP contribution in [0.1, 0.15) is 25.3 Å². The molecule has 1 saturated heterocycles. The van der Waals surface area contributed by atoms with Crippen LogP contribution in [-0.4, -0.2) is 41.1 Å². The second-order valence-corrected chi connectivity index (χ2v) is 8.34. The highest BCUT2D eigenvalue weighted by Gasteiger charge is 2.31. The Labute approximate surface area is 189 Å². The van der Waals surface area contributed by atoms with Crippen molar-refractivity contribution in [2.45, 2.75) is 32.8 Å². The lowest BCUT2D eigenvalue weighted by atomic mass is 9.98. The first kappa shape index (κ1) is 22.5. The molecule has 8 heteroatoms. The number of hydrogen-bond acceptors (Lipinski definition) is 5. The number of benzene rings is 2. The van der Waals surface area contributed by atoms with Gasteiger partial charge in [-0.1, -0.05) is 12.1 Å². The third-order valence-electron chi connectivity index (χ3n) is 5.84. The number of nitrogens with zero attached hydrogens (tertiary/aromatic N) is 1. The molecule has 3 aromatic rings. The van der Waals surface area contributed by atoms with E-state index in [1.54, 1.807) is 31.2 Å². The largest absolute Gasteiger partial charge is 0.481 e. The van der Waals surface area contributed by atoms with Crippen LogP contribution in [0.4, 0.5) is 4.39 Å².